The summed E-state index contributed by atoms with van der Waals surface area (Å²) in [5.41, 5.74) is 0.912. The number of ketones is 1. The first-order chi connectivity index (χ1) is 12.4. The number of nitrogens with zero attached hydrogens (tertiary/aromatic N) is 1. The molecular weight excluding hydrogens is 353 g/mol. The van der Waals surface area contributed by atoms with E-state index in [1.807, 2.05) is 12.1 Å². The molecule has 1 heterocycles. The minimum Gasteiger partial charge on any atom is -0.385 e. The first-order valence-corrected chi connectivity index (χ1v) is 9.22. The van der Waals surface area contributed by atoms with Gasteiger partial charge in [0.25, 0.3) is 0 Å². The molecule has 1 fully saturated rings. The highest BCUT2D eigenvalue weighted by molar-refractivity contribution is 6.30. The van der Waals surface area contributed by atoms with Crippen LogP contribution in [0.4, 0.5) is 4.39 Å². The van der Waals surface area contributed by atoms with Gasteiger partial charge in [0.1, 0.15) is 11.6 Å². The summed E-state index contributed by atoms with van der Waals surface area (Å²) in [7, 11) is 0. The predicted molar refractivity (Wildman–Crippen MR) is 101 cm³/mol. The van der Waals surface area contributed by atoms with Crippen LogP contribution >= 0.6 is 11.6 Å². The normalized spacial score (nSPS) is 18.5. The van der Waals surface area contributed by atoms with Crippen molar-refractivity contribution in [3.05, 3.63) is 70.5 Å². The zero-order chi connectivity index (χ0) is 18.7. The van der Waals surface area contributed by atoms with Crippen molar-refractivity contribution >= 4 is 17.4 Å². The van der Waals surface area contributed by atoms with Gasteiger partial charge >= 0.3 is 0 Å². The highest BCUT2D eigenvalue weighted by atomic mass is 35.5. The maximum absolute atomic E-state index is 13.2. The van der Waals surface area contributed by atoms with E-state index in [1.165, 1.54) is 12.1 Å². The first kappa shape index (κ1) is 19.0. The van der Waals surface area contributed by atoms with E-state index >= 15 is 0 Å². The van der Waals surface area contributed by atoms with Crippen LogP contribution in [0.15, 0.2) is 48.5 Å². The first-order valence-electron chi connectivity index (χ1n) is 8.85. The molecule has 138 valence electrons. The number of hydrogen-bond donors (Lipinski definition) is 1. The average molecular weight is 376 g/mol. The fourth-order valence-electron chi connectivity index (χ4n) is 3.67. The number of rotatable bonds is 5. The van der Waals surface area contributed by atoms with Crippen molar-refractivity contribution in [3.8, 4) is 0 Å². The standard InChI is InChI=1S/C21H23ClFNO2/c1-15(25)14-20(16-2-8-19(23)9-3-16)24-12-10-21(26,11-13-24)17-4-6-18(22)7-5-17/h2-9,20,26H,10-14H2,1H3/t20-/m0/s1. The Labute approximate surface area is 158 Å². The Hall–Kier alpha value is -1.75. The third kappa shape index (κ3) is 4.32. The molecule has 0 aliphatic carbocycles. The second-order valence-electron chi connectivity index (χ2n) is 7.05. The molecule has 1 N–H and O–H groups in total. The van der Waals surface area contributed by atoms with Gasteiger partial charge in [-0.15, -0.1) is 0 Å². The summed E-state index contributed by atoms with van der Waals surface area (Å²) in [4.78, 5) is 14.0. The van der Waals surface area contributed by atoms with Crippen molar-refractivity contribution in [3.63, 3.8) is 0 Å². The van der Waals surface area contributed by atoms with Crippen molar-refractivity contribution in [2.45, 2.75) is 37.8 Å². The van der Waals surface area contributed by atoms with E-state index in [9.17, 15) is 14.3 Å². The number of Topliss-reactive ketones (excluding diaryl/α,β-unsaturated/α-hetero) is 1. The SMILES string of the molecule is CC(=O)C[C@@H](c1ccc(F)cc1)N1CCC(O)(c2ccc(Cl)cc2)CC1. The molecule has 2 aromatic rings. The Morgan fingerprint density at radius 2 is 1.73 bits per heavy atom. The Morgan fingerprint density at radius 3 is 2.27 bits per heavy atom. The maximum Gasteiger partial charge on any atom is 0.131 e. The lowest BCUT2D eigenvalue weighted by Crippen LogP contribution is -2.44. The second kappa shape index (κ2) is 7.87. The van der Waals surface area contributed by atoms with E-state index in [2.05, 4.69) is 4.90 Å². The molecule has 26 heavy (non-hydrogen) atoms. The molecule has 0 aromatic heterocycles. The minimum atomic E-state index is -0.884. The van der Waals surface area contributed by atoms with Crippen LogP contribution in [-0.2, 0) is 10.4 Å². The number of hydrogen-bond acceptors (Lipinski definition) is 3. The van der Waals surface area contributed by atoms with Crippen molar-refractivity contribution in [2.75, 3.05) is 13.1 Å². The van der Waals surface area contributed by atoms with Crippen LogP contribution in [0.25, 0.3) is 0 Å². The van der Waals surface area contributed by atoms with Crippen LogP contribution in [0, 0.1) is 5.82 Å². The molecule has 0 bridgehead atoms. The number of likely N-dealkylation sites (tertiary alicyclic amines) is 1. The summed E-state index contributed by atoms with van der Waals surface area (Å²) in [5, 5.41) is 11.7. The third-order valence-corrected chi connectivity index (χ3v) is 5.44. The molecule has 0 radical (unpaired) electrons. The fraction of sp³-hybridized carbons (Fsp3) is 0.381. The van der Waals surface area contributed by atoms with E-state index in [4.69, 9.17) is 11.6 Å². The van der Waals surface area contributed by atoms with Gasteiger partial charge in [0.05, 0.1) is 5.60 Å². The molecule has 3 rings (SSSR count). The number of carbonyl (C=O) groups excluding carboxylic acids is 1. The smallest absolute Gasteiger partial charge is 0.131 e. The Morgan fingerprint density at radius 1 is 1.15 bits per heavy atom. The second-order valence-corrected chi connectivity index (χ2v) is 7.48. The lowest BCUT2D eigenvalue weighted by molar-refractivity contribution is -0.118. The summed E-state index contributed by atoms with van der Waals surface area (Å²) >= 11 is 5.94. The number of carbonyl (C=O) groups is 1. The molecule has 2 aromatic carbocycles. The number of aliphatic hydroxyl groups is 1. The molecule has 0 spiro atoms. The van der Waals surface area contributed by atoms with E-state index in [1.54, 1.807) is 31.2 Å². The van der Waals surface area contributed by atoms with E-state index in [-0.39, 0.29) is 17.6 Å². The van der Waals surface area contributed by atoms with Gasteiger partial charge < -0.3 is 5.11 Å². The van der Waals surface area contributed by atoms with E-state index < -0.39 is 5.60 Å². The largest absolute Gasteiger partial charge is 0.385 e. The van der Waals surface area contributed by atoms with Crippen LogP contribution in [0.5, 0.6) is 0 Å². The zero-order valence-corrected chi connectivity index (χ0v) is 15.5. The molecular formula is C21H23ClFNO2. The van der Waals surface area contributed by atoms with Gasteiger partial charge in [0.2, 0.25) is 0 Å². The van der Waals surface area contributed by atoms with Gasteiger partial charge in [0.15, 0.2) is 0 Å². The number of halogens is 2. The topological polar surface area (TPSA) is 40.5 Å². The molecule has 1 atom stereocenters. The Balaban J connectivity index is 1.75. The summed E-state index contributed by atoms with van der Waals surface area (Å²) < 4.78 is 13.2. The molecule has 0 amide bonds. The predicted octanol–water partition coefficient (Wildman–Crippen LogP) is 4.48. The monoisotopic (exact) mass is 375 g/mol. The van der Waals surface area contributed by atoms with Crippen molar-refractivity contribution in [2.24, 2.45) is 0 Å². The lowest BCUT2D eigenvalue weighted by atomic mass is 9.83. The van der Waals surface area contributed by atoms with Gasteiger partial charge in [0, 0.05) is 30.6 Å². The maximum atomic E-state index is 13.2. The quantitative estimate of drug-likeness (QED) is 0.837. The molecule has 1 aliphatic heterocycles. The fourth-order valence-corrected chi connectivity index (χ4v) is 3.80. The third-order valence-electron chi connectivity index (χ3n) is 5.18. The van der Waals surface area contributed by atoms with Crippen molar-refractivity contribution in [1.82, 2.24) is 4.90 Å². The van der Waals surface area contributed by atoms with E-state index in [0.29, 0.717) is 37.4 Å². The number of benzene rings is 2. The summed E-state index contributed by atoms with van der Waals surface area (Å²) in [6.07, 6.45) is 1.53. The molecule has 1 saturated heterocycles. The van der Waals surface area contributed by atoms with Crippen LogP contribution in [-0.4, -0.2) is 28.9 Å². The van der Waals surface area contributed by atoms with Crippen LogP contribution in [0.1, 0.15) is 43.4 Å². The number of piperidine rings is 1. The zero-order valence-electron chi connectivity index (χ0n) is 14.8. The van der Waals surface area contributed by atoms with E-state index in [0.717, 1.165) is 11.1 Å². The van der Waals surface area contributed by atoms with Crippen molar-refractivity contribution in [1.29, 1.82) is 0 Å². The summed E-state index contributed by atoms with van der Waals surface area (Å²) in [6, 6.07) is 13.5. The molecule has 5 heteroatoms. The Bertz CT molecular complexity index is 753. The molecule has 0 saturated carbocycles. The average Bonchev–Trinajstić information content (AvgIpc) is 2.62. The van der Waals surface area contributed by atoms with Gasteiger partial charge in [-0.1, -0.05) is 35.9 Å². The highest BCUT2D eigenvalue weighted by Crippen LogP contribution is 2.37. The van der Waals surface area contributed by atoms with Gasteiger partial charge in [-0.3, -0.25) is 9.69 Å². The van der Waals surface area contributed by atoms with Crippen LogP contribution in [0.3, 0.4) is 0 Å². The minimum absolute atomic E-state index is 0.0946. The van der Waals surface area contributed by atoms with Crippen molar-refractivity contribution < 1.29 is 14.3 Å². The molecule has 3 nitrogen and oxygen atoms in total. The molecule has 1 aliphatic rings. The summed E-state index contributed by atoms with van der Waals surface area (Å²) in [6.45, 7) is 2.90. The summed E-state index contributed by atoms with van der Waals surface area (Å²) in [5.74, 6) is -0.191. The van der Waals surface area contributed by atoms with Crippen LogP contribution in [0.2, 0.25) is 5.02 Å². The Kier molecular flexibility index (Phi) is 5.76. The molecule has 0 unspecified atom stereocenters. The lowest BCUT2D eigenvalue weighted by Gasteiger charge is -2.42. The van der Waals surface area contributed by atoms with Crippen LogP contribution < -0.4 is 0 Å². The van der Waals surface area contributed by atoms with Gasteiger partial charge in [-0.25, -0.2) is 4.39 Å². The van der Waals surface area contributed by atoms with Gasteiger partial charge in [-0.2, -0.15) is 0 Å². The van der Waals surface area contributed by atoms with Gasteiger partial charge in [-0.05, 0) is 55.2 Å². The highest BCUT2D eigenvalue weighted by Gasteiger charge is 2.36.